The predicted molar refractivity (Wildman–Crippen MR) is 99.6 cm³/mol. The van der Waals surface area contributed by atoms with E-state index in [4.69, 9.17) is 0 Å². The van der Waals surface area contributed by atoms with Crippen molar-refractivity contribution in [3.05, 3.63) is 30.5 Å². The number of hydrogen-bond acceptors (Lipinski definition) is 5. The summed E-state index contributed by atoms with van der Waals surface area (Å²) >= 11 is 0. The smallest absolute Gasteiger partial charge is 0.270 e. The fraction of sp³-hybridized carbons (Fsp3) is 0.588. The van der Waals surface area contributed by atoms with E-state index in [1.54, 1.807) is 30.8 Å². The van der Waals surface area contributed by atoms with Crippen LogP contribution in [0.4, 0.5) is 0 Å². The lowest BCUT2D eigenvalue weighted by Gasteiger charge is -2.20. The Bertz CT molecular complexity index is 862. The van der Waals surface area contributed by atoms with E-state index in [1.807, 2.05) is 17.1 Å². The Morgan fingerprint density at radius 3 is 2.65 bits per heavy atom. The molecule has 0 bridgehead atoms. The molecule has 0 spiro atoms. The maximum Gasteiger partial charge on any atom is 0.281 e. The second kappa shape index (κ2) is 7.42. The quantitative estimate of drug-likeness (QED) is 0.762. The summed E-state index contributed by atoms with van der Waals surface area (Å²) in [6.07, 6.45) is 8.70. The summed E-state index contributed by atoms with van der Waals surface area (Å²) in [6, 6.07) is 0.281. The highest BCUT2D eigenvalue weighted by Gasteiger charge is 2.33. The van der Waals surface area contributed by atoms with E-state index in [0.717, 1.165) is 23.4 Å². The van der Waals surface area contributed by atoms with Crippen LogP contribution in [0.1, 0.15) is 32.0 Å². The minimum atomic E-state index is -3.35. The summed E-state index contributed by atoms with van der Waals surface area (Å²) in [6.45, 7) is 5.22. The molecule has 9 heteroatoms. The Morgan fingerprint density at radius 1 is 1.27 bits per heavy atom. The Kier molecular flexibility index (Phi) is 5.40. The lowest BCUT2D eigenvalue weighted by Crippen LogP contribution is -2.38. The van der Waals surface area contributed by atoms with E-state index in [-0.39, 0.29) is 12.0 Å². The fourth-order valence-electron chi connectivity index (χ4n) is 3.18. The van der Waals surface area contributed by atoms with Gasteiger partial charge in [-0.15, -0.1) is 0 Å². The third-order valence-corrected chi connectivity index (χ3v) is 6.60. The normalized spacial score (nSPS) is 18.9. The van der Waals surface area contributed by atoms with Crippen LogP contribution in [0.15, 0.2) is 24.8 Å². The maximum absolute atomic E-state index is 12.3. The van der Waals surface area contributed by atoms with Gasteiger partial charge in [0.15, 0.2) is 0 Å². The van der Waals surface area contributed by atoms with E-state index in [9.17, 15) is 8.42 Å². The highest BCUT2D eigenvalue weighted by Crippen LogP contribution is 2.27. The van der Waals surface area contributed by atoms with Crippen LogP contribution in [-0.2, 0) is 16.6 Å². The zero-order chi connectivity index (χ0) is 18.9. The van der Waals surface area contributed by atoms with Gasteiger partial charge in [0.1, 0.15) is 0 Å². The summed E-state index contributed by atoms with van der Waals surface area (Å²) in [7, 11) is -0.222. The molecule has 1 saturated heterocycles. The van der Waals surface area contributed by atoms with Gasteiger partial charge in [0.25, 0.3) is 10.2 Å². The molecule has 2 aromatic heterocycles. The van der Waals surface area contributed by atoms with Crippen molar-refractivity contribution in [2.45, 2.75) is 32.7 Å². The zero-order valence-corrected chi connectivity index (χ0v) is 16.5. The van der Waals surface area contributed by atoms with Crippen molar-refractivity contribution in [3.8, 4) is 11.3 Å². The molecule has 1 fully saturated rings. The number of rotatable bonds is 6. The predicted octanol–water partition coefficient (Wildman–Crippen LogP) is 1.59. The molecule has 1 aliphatic rings. The molecule has 1 atom stereocenters. The van der Waals surface area contributed by atoms with Crippen LogP contribution in [0.3, 0.4) is 0 Å². The standard InChI is InChI=1S/C17H26N6O2S/c1-13(2)23-12-15(10-20-23)17-16(18-6-7-19-17)9-14-5-8-22(11-14)26(24,25)21(3)4/h6-7,10,12-14H,5,8-9,11H2,1-4H3. The van der Waals surface area contributed by atoms with Gasteiger partial charge < -0.3 is 0 Å². The van der Waals surface area contributed by atoms with Crippen molar-refractivity contribution in [3.63, 3.8) is 0 Å². The van der Waals surface area contributed by atoms with Crippen LogP contribution in [0.25, 0.3) is 11.3 Å². The van der Waals surface area contributed by atoms with Gasteiger partial charge in [-0.05, 0) is 32.6 Å². The minimum Gasteiger partial charge on any atom is -0.270 e. The lowest BCUT2D eigenvalue weighted by atomic mass is 10.00. The van der Waals surface area contributed by atoms with Gasteiger partial charge in [0.2, 0.25) is 0 Å². The molecule has 8 nitrogen and oxygen atoms in total. The zero-order valence-electron chi connectivity index (χ0n) is 15.7. The molecule has 0 radical (unpaired) electrons. The van der Waals surface area contributed by atoms with Crippen molar-refractivity contribution >= 4 is 10.2 Å². The first kappa shape index (κ1) is 18.9. The van der Waals surface area contributed by atoms with Crippen LogP contribution < -0.4 is 0 Å². The molecule has 26 heavy (non-hydrogen) atoms. The molecular formula is C17H26N6O2S. The van der Waals surface area contributed by atoms with E-state index in [0.29, 0.717) is 19.5 Å². The van der Waals surface area contributed by atoms with Crippen molar-refractivity contribution < 1.29 is 8.42 Å². The van der Waals surface area contributed by atoms with Gasteiger partial charge in [-0.3, -0.25) is 14.6 Å². The van der Waals surface area contributed by atoms with Crippen LogP contribution in [0.5, 0.6) is 0 Å². The number of aromatic nitrogens is 4. The van der Waals surface area contributed by atoms with Gasteiger partial charge in [-0.25, -0.2) is 0 Å². The van der Waals surface area contributed by atoms with Gasteiger partial charge in [-0.1, -0.05) is 0 Å². The molecule has 1 unspecified atom stereocenters. The fourth-order valence-corrected chi connectivity index (χ4v) is 4.37. The van der Waals surface area contributed by atoms with Gasteiger partial charge in [-0.2, -0.15) is 22.1 Å². The van der Waals surface area contributed by atoms with Crippen LogP contribution in [-0.4, -0.2) is 64.0 Å². The molecule has 0 N–H and O–H groups in total. The molecule has 142 valence electrons. The second-order valence-electron chi connectivity index (χ2n) is 7.16. The topological polar surface area (TPSA) is 84.2 Å². The van der Waals surface area contributed by atoms with E-state index < -0.39 is 10.2 Å². The average Bonchev–Trinajstić information content (AvgIpc) is 3.25. The highest BCUT2D eigenvalue weighted by molar-refractivity contribution is 7.86. The summed E-state index contributed by atoms with van der Waals surface area (Å²) in [5.74, 6) is 0.236. The molecule has 0 aromatic carbocycles. The highest BCUT2D eigenvalue weighted by atomic mass is 32.2. The molecule has 0 saturated carbocycles. The number of nitrogens with zero attached hydrogens (tertiary/aromatic N) is 6. The molecule has 2 aromatic rings. The minimum absolute atomic E-state index is 0.236. The summed E-state index contributed by atoms with van der Waals surface area (Å²) in [5.41, 5.74) is 2.66. The largest absolute Gasteiger partial charge is 0.281 e. The second-order valence-corrected chi connectivity index (χ2v) is 9.30. The first-order valence-corrected chi connectivity index (χ1v) is 10.2. The van der Waals surface area contributed by atoms with Crippen molar-refractivity contribution in [1.29, 1.82) is 0 Å². The SMILES string of the molecule is CC(C)n1cc(-c2nccnc2CC2CCN(S(=O)(=O)N(C)C)C2)cn1. The lowest BCUT2D eigenvalue weighted by molar-refractivity contribution is 0.409. The Hall–Kier alpha value is -1.84. The van der Waals surface area contributed by atoms with Crippen molar-refractivity contribution in [2.24, 2.45) is 5.92 Å². The molecule has 3 rings (SSSR count). The Labute approximate surface area is 155 Å². The van der Waals surface area contributed by atoms with Crippen LogP contribution in [0.2, 0.25) is 0 Å². The summed E-state index contributed by atoms with van der Waals surface area (Å²) in [5, 5.41) is 4.38. The summed E-state index contributed by atoms with van der Waals surface area (Å²) in [4.78, 5) is 9.02. The first-order valence-electron chi connectivity index (χ1n) is 8.81. The monoisotopic (exact) mass is 378 g/mol. The third kappa shape index (κ3) is 3.79. The molecule has 0 amide bonds. The molecular weight excluding hydrogens is 352 g/mol. The van der Waals surface area contributed by atoms with Crippen molar-refractivity contribution in [2.75, 3.05) is 27.2 Å². The van der Waals surface area contributed by atoms with Gasteiger partial charge in [0, 0.05) is 57.4 Å². The maximum atomic E-state index is 12.3. The van der Waals surface area contributed by atoms with E-state index in [1.165, 1.54) is 4.31 Å². The summed E-state index contributed by atoms with van der Waals surface area (Å²) < 4.78 is 29.3. The molecule has 0 aliphatic carbocycles. The average molecular weight is 379 g/mol. The molecule has 3 heterocycles. The first-order chi connectivity index (χ1) is 12.3. The van der Waals surface area contributed by atoms with E-state index >= 15 is 0 Å². The Morgan fingerprint density at radius 2 is 2.00 bits per heavy atom. The van der Waals surface area contributed by atoms with Crippen molar-refractivity contribution in [1.82, 2.24) is 28.4 Å². The Balaban J connectivity index is 1.77. The van der Waals surface area contributed by atoms with E-state index in [2.05, 4.69) is 28.9 Å². The van der Waals surface area contributed by atoms with Crippen LogP contribution >= 0.6 is 0 Å². The van der Waals surface area contributed by atoms with Gasteiger partial charge >= 0.3 is 0 Å². The van der Waals surface area contributed by atoms with Gasteiger partial charge in [0.05, 0.1) is 17.6 Å². The number of hydrogen-bond donors (Lipinski definition) is 0. The van der Waals surface area contributed by atoms with Crippen LogP contribution in [0, 0.1) is 5.92 Å². The third-order valence-electron chi connectivity index (χ3n) is 4.70. The molecule has 1 aliphatic heterocycles.